The van der Waals surface area contributed by atoms with Gasteiger partial charge in [0.15, 0.2) is 0 Å². The number of nitrogens with one attached hydrogen (secondary N) is 1. The van der Waals surface area contributed by atoms with Gasteiger partial charge in [0, 0.05) is 61.5 Å². The fourth-order valence-corrected chi connectivity index (χ4v) is 3.78. The zero-order valence-corrected chi connectivity index (χ0v) is 16.6. The maximum atomic E-state index is 9.43. The molecule has 0 amide bonds. The minimum Gasteiger partial charge on any atom is -0.496 e. The molecule has 1 unspecified atom stereocenters. The Labute approximate surface area is 168 Å². The van der Waals surface area contributed by atoms with E-state index in [1.807, 2.05) is 22.9 Å². The second-order valence-electron chi connectivity index (χ2n) is 6.74. The summed E-state index contributed by atoms with van der Waals surface area (Å²) in [7, 11) is 3.19. The van der Waals surface area contributed by atoms with Crippen molar-refractivity contribution in [2.24, 2.45) is 0 Å². The monoisotopic (exact) mass is 402 g/mol. The van der Waals surface area contributed by atoms with Crippen molar-refractivity contribution < 1.29 is 14.6 Å². The van der Waals surface area contributed by atoms with Crippen LogP contribution in [0.5, 0.6) is 11.5 Å². The van der Waals surface area contributed by atoms with Crippen molar-refractivity contribution in [2.45, 2.75) is 6.04 Å². The lowest BCUT2D eigenvalue weighted by Gasteiger charge is -2.34. The average Bonchev–Trinajstić information content (AvgIpc) is 3.16. The van der Waals surface area contributed by atoms with E-state index in [2.05, 4.69) is 22.3 Å². The molecule has 1 aromatic carbocycles. The Hall–Kier alpha value is -2.48. The zero-order chi connectivity index (χ0) is 19.7. The maximum absolute atomic E-state index is 9.43. The topological polar surface area (TPSA) is 71.3 Å². The van der Waals surface area contributed by atoms with Crippen LogP contribution in [0.4, 0.5) is 5.69 Å². The van der Waals surface area contributed by atoms with Crippen LogP contribution in [-0.2, 0) is 0 Å². The molecule has 3 heterocycles. The first-order chi connectivity index (χ1) is 13.6. The molecule has 0 radical (unpaired) electrons. The third-order valence-electron chi connectivity index (χ3n) is 5.03. The number of imidazole rings is 1. The van der Waals surface area contributed by atoms with Gasteiger partial charge in [0.05, 0.1) is 31.5 Å². The van der Waals surface area contributed by atoms with Crippen molar-refractivity contribution in [1.82, 2.24) is 14.7 Å². The van der Waals surface area contributed by atoms with Gasteiger partial charge >= 0.3 is 0 Å². The second kappa shape index (κ2) is 7.87. The van der Waals surface area contributed by atoms with Gasteiger partial charge in [-0.1, -0.05) is 11.6 Å². The van der Waals surface area contributed by atoms with Crippen LogP contribution in [0.25, 0.3) is 16.9 Å². The number of piperazine rings is 1. The van der Waals surface area contributed by atoms with Crippen LogP contribution in [0, 0.1) is 0 Å². The minimum absolute atomic E-state index is 0.0889. The molecule has 8 heteroatoms. The van der Waals surface area contributed by atoms with Crippen LogP contribution in [-0.4, -0.2) is 61.0 Å². The summed E-state index contributed by atoms with van der Waals surface area (Å²) in [4.78, 5) is 7.04. The lowest BCUT2D eigenvalue weighted by atomic mass is 10.1. The summed E-state index contributed by atoms with van der Waals surface area (Å²) in [5.41, 5.74) is 3.50. The molecule has 1 atom stereocenters. The van der Waals surface area contributed by atoms with Gasteiger partial charge in [0.1, 0.15) is 17.1 Å². The van der Waals surface area contributed by atoms with E-state index in [0.29, 0.717) is 16.5 Å². The molecule has 28 heavy (non-hydrogen) atoms. The molecule has 2 N–H and O–H groups in total. The molecule has 0 spiro atoms. The Kier molecular flexibility index (Phi) is 5.30. The SMILES string of the molecule is COc1cc(OC)c(-c2cn3ccc(N4CCNC(CO)C4)cc3n2)cc1Cl. The maximum Gasteiger partial charge on any atom is 0.141 e. The smallest absolute Gasteiger partial charge is 0.141 e. The van der Waals surface area contributed by atoms with Crippen LogP contribution in [0.15, 0.2) is 36.7 Å². The van der Waals surface area contributed by atoms with Crippen LogP contribution >= 0.6 is 11.6 Å². The Morgan fingerprint density at radius 3 is 2.82 bits per heavy atom. The van der Waals surface area contributed by atoms with E-state index in [-0.39, 0.29) is 12.6 Å². The number of hydrogen-bond donors (Lipinski definition) is 2. The molecular formula is C20H23ClN4O3. The number of pyridine rings is 1. The van der Waals surface area contributed by atoms with Crippen LogP contribution < -0.4 is 19.7 Å². The quantitative estimate of drug-likeness (QED) is 0.683. The Morgan fingerprint density at radius 2 is 2.07 bits per heavy atom. The number of rotatable bonds is 5. The van der Waals surface area contributed by atoms with E-state index in [4.69, 9.17) is 26.1 Å². The molecular weight excluding hydrogens is 380 g/mol. The highest BCUT2D eigenvalue weighted by Crippen LogP contribution is 2.38. The number of aliphatic hydroxyl groups excluding tert-OH is 1. The summed E-state index contributed by atoms with van der Waals surface area (Å²) in [6, 6.07) is 7.79. The lowest BCUT2D eigenvalue weighted by molar-refractivity contribution is 0.235. The van der Waals surface area contributed by atoms with Crippen LogP contribution in [0.2, 0.25) is 5.02 Å². The van der Waals surface area contributed by atoms with Gasteiger partial charge in [0.25, 0.3) is 0 Å². The first-order valence-electron chi connectivity index (χ1n) is 9.12. The fourth-order valence-electron chi connectivity index (χ4n) is 3.54. The standard InChI is InChI=1S/C20H23ClN4O3/c1-27-18-9-19(28-2)16(21)8-15(18)17-11-25-5-3-14(7-20(25)23-17)24-6-4-22-13(10-24)12-26/h3,5,7-9,11,13,22,26H,4,6,10,12H2,1-2H3. The molecule has 0 aliphatic carbocycles. The number of ether oxygens (including phenoxy) is 2. The van der Waals surface area contributed by atoms with Crippen molar-refractivity contribution in [3.8, 4) is 22.8 Å². The largest absolute Gasteiger partial charge is 0.496 e. The number of hydrogen-bond acceptors (Lipinski definition) is 6. The van der Waals surface area contributed by atoms with Gasteiger partial charge in [-0.3, -0.25) is 0 Å². The zero-order valence-electron chi connectivity index (χ0n) is 15.9. The van der Waals surface area contributed by atoms with Crippen molar-refractivity contribution in [3.63, 3.8) is 0 Å². The highest BCUT2D eigenvalue weighted by Gasteiger charge is 2.20. The van der Waals surface area contributed by atoms with Gasteiger partial charge in [-0.15, -0.1) is 0 Å². The first kappa shape index (κ1) is 18.9. The Bertz CT molecular complexity index is 991. The third-order valence-corrected chi connectivity index (χ3v) is 5.33. The Balaban J connectivity index is 1.70. The van der Waals surface area contributed by atoms with Crippen molar-refractivity contribution in [2.75, 3.05) is 45.4 Å². The van der Waals surface area contributed by atoms with Crippen molar-refractivity contribution >= 4 is 22.9 Å². The number of halogens is 1. The molecule has 2 aromatic heterocycles. The third kappa shape index (κ3) is 3.48. The average molecular weight is 403 g/mol. The van der Waals surface area contributed by atoms with E-state index in [1.54, 1.807) is 20.3 Å². The number of methoxy groups -OCH3 is 2. The summed E-state index contributed by atoms with van der Waals surface area (Å²) < 4.78 is 12.8. The van der Waals surface area contributed by atoms with E-state index >= 15 is 0 Å². The summed E-state index contributed by atoms with van der Waals surface area (Å²) >= 11 is 6.31. The van der Waals surface area contributed by atoms with E-state index in [1.165, 1.54) is 0 Å². The molecule has 1 aliphatic heterocycles. The van der Waals surface area contributed by atoms with Crippen LogP contribution in [0.3, 0.4) is 0 Å². The van der Waals surface area contributed by atoms with Crippen molar-refractivity contribution in [3.05, 3.63) is 41.7 Å². The molecule has 1 saturated heterocycles. The molecule has 1 aliphatic rings. The molecule has 148 valence electrons. The first-order valence-corrected chi connectivity index (χ1v) is 9.50. The molecule has 0 bridgehead atoms. The highest BCUT2D eigenvalue weighted by molar-refractivity contribution is 6.32. The predicted octanol–water partition coefficient (Wildman–Crippen LogP) is 2.44. The number of nitrogens with zero attached hydrogens (tertiary/aromatic N) is 3. The van der Waals surface area contributed by atoms with Gasteiger partial charge in [0.2, 0.25) is 0 Å². The van der Waals surface area contributed by atoms with Crippen LogP contribution in [0.1, 0.15) is 0 Å². The minimum atomic E-state index is 0.0889. The predicted molar refractivity (Wildman–Crippen MR) is 110 cm³/mol. The van der Waals surface area contributed by atoms with E-state index in [9.17, 15) is 5.11 Å². The van der Waals surface area contributed by atoms with E-state index < -0.39 is 0 Å². The lowest BCUT2D eigenvalue weighted by Crippen LogP contribution is -2.52. The Morgan fingerprint density at radius 1 is 1.25 bits per heavy atom. The second-order valence-corrected chi connectivity index (χ2v) is 7.15. The number of anilines is 1. The molecule has 4 rings (SSSR count). The van der Waals surface area contributed by atoms with Gasteiger partial charge < -0.3 is 29.2 Å². The van der Waals surface area contributed by atoms with E-state index in [0.717, 1.165) is 42.2 Å². The van der Waals surface area contributed by atoms with Gasteiger partial charge in [-0.2, -0.15) is 0 Å². The molecule has 1 fully saturated rings. The number of fused-ring (bicyclic) bond motifs is 1. The summed E-state index contributed by atoms with van der Waals surface area (Å²) in [6.45, 7) is 2.63. The summed E-state index contributed by atoms with van der Waals surface area (Å²) in [5.74, 6) is 1.21. The molecule has 3 aromatic rings. The number of aliphatic hydroxyl groups is 1. The molecule has 0 saturated carbocycles. The summed E-state index contributed by atoms with van der Waals surface area (Å²) in [6.07, 6.45) is 3.95. The normalized spacial score (nSPS) is 17.1. The van der Waals surface area contributed by atoms with Crippen molar-refractivity contribution in [1.29, 1.82) is 0 Å². The van der Waals surface area contributed by atoms with Gasteiger partial charge in [-0.05, 0) is 12.1 Å². The van der Waals surface area contributed by atoms with Gasteiger partial charge in [-0.25, -0.2) is 4.98 Å². The summed E-state index contributed by atoms with van der Waals surface area (Å²) in [5, 5.41) is 13.2. The number of aromatic nitrogens is 2. The number of benzene rings is 1. The molecule has 7 nitrogen and oxygen atoms in total. The fraction of sp³-hybridized carbons (Fsp3) is 0.350. The highest BCUT2D eigenvalue weighted by atomic mass is 35.5.